The zero-order valence-electron chi connectivity index (χ0n) is 20.2. The molecular weight excluding hydrogens is 472 g/mol. The van der Waals surface area contributed by atoms with Crippen LogP contribution in [0.1, 0.15) is 20.7 Å². The molecule has 1 aliphatic heterocycles. The van der Waals surface area contributed by atoms with E-state index < -0.39 is 18.2 Å². The summed E-state index contributed by atoms with van der Waals surface area (Å²) in [7, 11) is 2.86. The Kier molecular flexibility index (Phi) is 6.21. The number of anilines is 5. The van der Waals surface area contributed by atoms with Gasteiger partial charge in [0.25, 0.3) is 11.5 Å². The summed E-state index contributed by atoms with van der Waals surface area (Å²) in [5.41, 5.74) is 2.11. The number of carbonyl (C=O) groups is 2. The van der Waals surface area contributed by atoms with E-state index >= 15 is 0 Å². The molecule has 2 heterocycles. The highest BCUT2D eigenvalue weighted by molar-refractivity contribution is 6.16. The van der Waals surface area contributed by atoms with Crippen molar-refractivity contribution in [3.05, 3.63) is 112 Å². The van der Waals surface area contributed by atoms with Crippen LogP contribution in [0.5, 0.6) is 0 Å². The Morgan fingerprint density at radius 2 is 1.43 bits per heavy atom. The van der Waals surface area contributed by atoms with Gasteiger partial charge in [0.2, 0.25) is 6.35 Å². The SMILES string of the molecule is COC(=O)c1ccc(Nc2cc(=O)n(C)c3c2C(=O)N(c2ccccc2)C(O)N3c2ccccc2)cc1. The summed E-state index contributed by atoms with van der Waals surface area (Å²) in [6.07, 6.45) is -1.41. The van der Waals surface area contributed by atoms with Crippen molar-refractivity contribution >= 4 is 40.4 Å². The molecule has 1 aromatic heterocycles. The van der Waals surface area contributed by atoms with Gasteiger partial charge in [0.05, 0.1) is 18.4 Å². The van der Waals surface area contributed by atoms with Crippen molar-refractivity contribution in [1.29, 1.82) is 0 Å². The van der Waals surface area contributed by atoms with E-state index in [9.17, 15) is 19.5 Å². The lowest BCUT2D eigenvalue weighted by Gasteiger charge is -2.43. The highest BCUT2D eigenvalue weighted by Gasteiger charge is 2.42. The molecule has 186 valence electrons. The van der Waals surface area contributed by atoms with Gasteiger partial charge in [0, 0.05) is 30.2 Å². The minimum Gasteiger partial charge on any atom is -0.465 e. The maximum Gasteiger partial charge on any atom is 0.337 e. The van der Waals surface area contributed by atoms with E-state index in [2.05, 4.69) is 5.32 Å². The monoisotopic (exact) mass is 496 g/mol. The highest BCUT2D eigenvalue weighted by Crippen LogP contribution is 2.40. The van der Waals surface area contributed by atoms with Crippen LogP contribution < -0.4 is 20.7 Å². The van der Waals surface area contributed by atoms with Gasteiger partial charge < -0.3 is 15.2 Å². The first-order valence-corrected chi connectivity index (χ1v) is 11.5. The molecule has 4 aromatic rings. The van der Waals surface area contributed by atoms with Crippen LogP contribution >= 0.6 is 0 Å². The molecule has 9 heteroatoms. The standard InChI is InChI=1S/C28H24N4O5/c1-30-23(33)17-22(29-19-15-13-18(14-16-19)27(35)37-2)24-25(30)31(20-9-5-3-6-10-20)28(36)32(26(24)34)21-11-7-4-8-12-21/h3-17,28-29,36H,1-2H3. The van der Waals surface area contributed by atoms with Crippen molar-refractivity contribution in [1.82, 2.24) is 4.57 Å². The van der Waals surface area contributed by atoms with Crippen molar-refractivity contribution < 1.29 is 19.4 Å². The number of fused-ring (bicyclic) bond motifs is 1. The van der Waals surface area contributed by atoms with Crippen molar-refractivity contribution in [3.63, 3.8) is 0 Å². The minimum absolute atomic E-state index is 0.206. The second kappa shape index (κ2) is 9.63. The summed E-state index contributed by atoms with van der Waals surface area (Å²) >= 11 is 0. The Hall–Kier alpha value is -4.89. The fraction of sp³-hybridized carbons (Fsp3) is 0.107. The Morgan fingerprint density at radius 3 is 2.00 bits per heavy atom. The van der Waals surface area contributed by atoms with E-state index in [4.69, 9.17) is 4.74 Å². The van der Waals surface area contributed by atoms with E-state index in [1.54, 1.807) is 72.6 Å². The van der Waals surface area contributed by atoms with Gasteiger partial charge in [0.1, 0.15) is 11.4 Å². The third-order valence-corrected chi connectivity index (χ3v) is 6.19. The predicted molar refractivity (Wildman–Crippen MR) is 141 cm³/mol. The molecular formula is C28H24N4O5. The van der Waals surface area contributed by atoms with Crippen molar-refractivity contribution in [2.45, 2.75) is 6.35 Å². The van der Waals surface area contributed by atoms with Crippen LogP contribution in [0, 0.1) is 0 Å². The van der Waals surface area contributed by atoms with E-state index in [0.29, 0.717) is 22.6 Å². The summed E-state index contributed by atoms with van der Waals surface area (Å²) in [5, 5.41) is 14.7. The normalized spacial score (nSPS) is 14.8. The van der Waals surface area contributed by atoms with Gasteiger partial charge in [-0.05, 0) is 48.5 Å². The van der Waals surface area contributed by atoms with Crippen LogP contribution in [0.25, 0.3) is 0 Å². The molecule has 0 fully saturated rings. The average molecular weight is 497 g/mol. The maximum atomic E-state index is 14.0. The van der Waals surface area contributed by atoms with Gasteiger partial charge in [-0.15, -0.1) is 0 Å². The van der Waals surface area contributed by atoms with Crippen LogP contribution in [-0.4, -0.2) is 35.0 Å². The molecule has 9 nitrogen and oxygen atoms in total. The van der Waals surface area contributed by atoms with Crippen molar-refractivity contribution in [3.8, 4) is 0 Å². The predicted octanol–water partition coefficient (Wildman–Crippen LogP) is 3.99. The molecule has 5 rings (SSSR count). The third-order valence-electron chi connectivity index (χ3n) is 6.19. The number of methoxy groups -OCH3 is 1. The summed E-state index contributed by atoms with van der Waals surface area (Å²) in [6.45, 7) is 0. The largest absolute Gasteiger partial charge is 0.465 e. The fourth-order valence-electron chi connectivity index (χ4n) is 4.37. The molecule has 0 bridgehead atoms. The van der Waals surface area contributed by atoms with Gasteiger partial charge >= 0.3 is 5.97 Å². The van der Waals surface area contributed by atoms with Crippen LogP contribution in [0.2, 0.25) is 0 Å². The summed E-state index contributed by atoms with van der Waals surface area (Å²) in [4.78, 5) is 41.7. The van der Waals surface area contributed by atoms with Gasteiger partial charge in [0.15, 0.2) is 0 Å². The van der Waals surface area contributed by atoms with Crippen LogP contribution in [0.4, 0.5) is 28.6 Å². The zero-order valence-corrected chi connectivity index (χ0v) is 20.2. The molecule has 1 atom stereocenters. The number of aliphatic hydroxyl groups excluding tert-OH is 1. The number of rotatable bonds is 5. The molecule has 2 N–H and O–H groups in total. The molecule has 1 unspecified atom stereocenters. The number of para-hydroxylation sites is 2. The number of ether oxygens (including phenoxy) is 1. The number of carbonyl (C=O) groups excluding carboxylic acids is 2. The number of benzene rings is 3. The Labute approximate surface area is 212 Å². The topological polar surface area (TPSA) is 104 Å². The first kappa shape index (κ1) is 23.8. The van der Waals surface area contributed by atoms with Crippen molar-refractivity contribution in [2.24, 2.45) is 7.05 Å². The summed E-state index contributed by atoms with van der Waals surface area (Å²) in [5.74, 6) is -0.707. The number of hydrogen-bond acceptors (Lipinski definition) is 7. The second-order valence-corrected chi connectivity index (χ2v) is 8.41. The summed E-state index contributed by atoms with van der Waals surface area (Å²) in [6, 6.07) is 25.7. The molecule has 0 radical (unpaired) electrons. The van der Waals surface area contributed by atoms with Crippen LogP contribution in [0.15, 0.2) is 95.8 Å². The second-order valence-electron chi connectivity index (χ2n) is 8.41. The lowest BCUT2D eigenvalue weighted by molar-refractivity contribution is 0.0600. The molecule has 0 saturated heterocycles. The number of pyridine rings is 1. The van der Waals surface area contributed by atoms with E-state index in [1.807, 2.05) is 24.3 Å². The first-order chi connectivity index (χ1) is 17.9. The number of aromatic nitrogens is 1. The number of nitrogens with one attached hydrogen (secondary N) is 1. The van der Waals surface area contributed by atoms with E-state index in [-0.39, 0.29) is 22.6 Å². The Morgan fingerprint density at radius 1 is 0.865 bits per heavy atom. The summed E-state index contributed by atoms with van der Waals surface area (Å²) < 4.78 is 6.09. The molecule has 0 saturated carbocycles. The lowest BCUT2D eigenvalue weighted by Crippen LogP contribution is -2.55. The number of amides is 1. The fourth-order valence-corrected chi connectivity index (χ4v) is 4.37. The van der Waals surface area contributed by atoms with E-state index in [0.717, 1.165) is 0 Å². The smallest absolute Gasteiger partial charge is 0.337 e. The first-order valence-electron chi connectivity index (χ1n) is 11.5. The molecule has 3 aromatic carbocycles. The quantitative estimate of drug-likeness (QED) is 0.403. The molecule has 1 amide bonds. The average Bonchev–Trinajstić information content (AvgIpc) is 2.92. The number of nitrogens with zero attached hydrogens (tertiary/aromatic N) is 3. The third kappa shape index (κ3) is 4.21. The number of esters is 1. The van der Waals surface area contributed by atoms with Crippen molar-refractivity contribution in [2.75, 3.05) is 22.2 Å². The maximum absolute atomic E-state index is 14.0. The molecule has 37 heavy (non-hydrogen) atoms. The minimum atomic E-state index is -1.41. The van der Waals surface area contributed by atoms with E-state index in [1.165, 1.54) is 22.6 Å². The highest BCUT2D eigenvalue weighted by atomic mass is 16.5. The number of hydrogen-bond donors (Lipinski definition) is 2. The molecule has 0 spiro atoms. The van der Waals surface area contributed by atoms with Crippen LogP contribution in [0.3, 0.4) is 0 Å². The van der Waals surface area contributed by atoms with Gasteiger partial charge in [-0.2, -0.15) is 0 Å². The Balaban J connectivity index is 1.70. The van der Waals surface area contributed by atoms with Gasteiger partial charge in [-0.25, -0.2) is 4.79 Å². The lowest BCUT2D eigenvalue weighted by atomic mass is 10.1. The Bertz CT molecular complexity index is 1520. The van der Waals surface area contributed by atoms with Crippen LogP contribution in [-0.2, 0) is 11.8 Å². The zero-order chi connectivity index (χ0) is 26.1. The van der Waals surface area contributed by atoms with Gasteiger partial charge in [-0.1, -0.05) is 36.4 Å². The molecule has 0 aliphatic carbocycles. The number of aliphatic hydroxyl groups is 1. The molecule has 1 aliphatic rings. The van der Waals surface area contributed by atoms with Gasteiger partial charge in [-0.3, -0.25) is 24.0 Å².